The summed E-state index contributed by atoms with van der Waals surface area (Å²) < 4.78 is 12.9. The third-order valence-electron chi connectivity index (χ3n) is 6.70. The normalized spacial score (nSPS) is 23.3. The van der Waals surface area contributed by atoms with E-state index in [1.807, 2.05) is 43.3 Å². The molecule has 7 heteroatoms. The van der Waals surface area contributed by atoms with E-state index in [9.17, 15) is 14.7 Å². The van der Waals surface area contributed by atoms with Gasteiger partial charge >= 0.3 is 12.1 Å². The predicted molar refractivity (Wildman–Crippen MR) is 141 cm³/mol. The van der Waals surface area contributed by atoms with Gasteiger partial charge in [0.2, 0.25) is 0 Å². The Morgan fingerprint density at radius 3 is 1.71 bits per heavy atom. The van der Waals surface area contributed by atoms with Crippen LogP contribution < -0.4 is 10.4 Å². The van der Waals surface area contributed by atoms with Crippen LogP contribution in [0.3, 0.4) is 0 Å². The van der Waals surface area contributed by atoms with Crippen LogP contribution in [0.1, 0.15) is 61.8 Å². The minimum absolute atomic E-state index is 0.120. The number of carbonyl (C=O) groups is 2. The van der Waals surface area contributed by atoms with Gasteiger partial charge in [-0.3, -0.25) is 4.90 Å². The van der Waals surface area contributed by atoms with Crippen LogP contribution in [0.2, 0.25) is 5.04 Å². The third kappa shape index (κ3) is 5.16. The molecule has 2 aromatic rings. The Balaban J connectivity index is 2.16. The number of likely N-dealkylation sites (tertiary alicyclic amines) is 1. The first-order chi connectivity index (χ1) is 16.0. The summed E-state index contributed by atoms with van der Waals surface area (Å²) in [5.41, 5.74) is -3.11. The molecule has 1 aliphatic rings. The molecule has 190 valence electrons. The smallest absolute Gasteiger partial charge is 0.411 e. The van der Waals surface area contributed by atoms with Crippen LogP contribution in [0.25, 0.3) is 0 Å². The number of carboxylic acid groups (broad SMARTS) is 1. The maximum Gasteiger partial charge on any atom is 0.411 e. The van der Waals surface area contributed by atoms with Crippen LogP contribution >= 0.6 is 0 Å². The standard InChI is InChI=1S/C28H39NO5Si/c1-25(2,3)33-24(32)29-20-27(7,19-28(29,8)23(30)31)34-35(26(4,5)6,21-15-11-9-12-16-21)22-17-13-10-14-18-22/h9-18H,19-20H2,1-8H3,(H,30,31)/t27-,28-/m0/s1. The molecule has 1 heterocycles. The maximum atomic E-state index is 13.2. The molecule has 0 saturated carbocycles. The number of hydrogen-bond donors (Lipinski definition) is 1. The molecule has 0 aromatic heterocycles. The zero-order valence-corrected chi connectivity index (χ0v) is 23.2. The van der Waals surface area contributed by atoms with E-state index in [4.69, 9.17) is 9.16 Å². The van der Waals surface area contributed by atoms with Crippen LogP contribution in [0.5, 0.6) is 0 Å². The Morgan fingerprint density at radius 1 is 0.886 bits per heavy atom. The van der Waals surface area contributed by atoms with Gasteiger partial charge in [-0.25, -0.2) is 9.59 Å². The topological polar surface area (TPSA) is 76.1 Å². The molecule has 1 saturated heterocycles. The molecule has 0 aliphatic carbocycles. The van der Waals surface area contributed by atoms with E-state index in [2.05, 4.69) is 45.0 Å². The van der Waals surface area contributed by atoms with E-state index in [0.717, 1.165) is 10.4 Å². The molecule has 1 N–H and O–H groups in total. The molecule has 3 rings (SSSR count). The fraction of sp³-hybridized carbons (Fsp3) is 0.500. The summed E-state index contributed by atoms with van der Waals surface area (Å²) in [5, 5.41) is 12.1. The lowest BCUT2D eigenvalue weighted by molar-refractivity contribution is -0.148. The lowest BCUT2D eigenvalue weighted by Gasteiger charge is -2.47. The van der Waals surface area contributed by atoms with Crippen molar-refractivity contribution in [1.29, 1.82) is 0 Å². The van der Waals surface area contributed by atoms with E-state index in [1.54, 1.807) is 27.7 Å². The molecule has 6 nitrogen and oxygen atoms in total. The minimum atomic E-state index is -2.97. The summed E-state index contributed by atoms with van der Waals surface area (Å²) >= 11 is 0. The van der Waals surface area contributed by atoms with Gasteiger partial charge in [-0.15, -0.1) is 0 Å². The van der Waals surface area contributed by atoms with Crippen molar-refractivity contribution >= 4 is 30.8 Å². The van der Waals surface area contributed by atoms with Crippen molar-refractivity contribution in [1.82, 2.24) is 4.90 Å². The van der Waals surface area contributed by atoms with Crippen LogP contribution in [0.15, 0.2) is 60.7 Å². The molecule has 1 fully saturated rings. The van der Waals surface area contributed by atoms with Crippen molar-refractivity contribution < 1.29 is 23.9 Å². The zero-order valence-electron chi connectivity index (χ0n) is 22.2. The first kappa shape index (κ1) is 27.0. The average Bonchev–Trinajstić information content (AvgIpc) is 3.03. The molecule has 1 aliphatic heterocycles. The number of amides is 1. The van der Waals surface area contributed by atoms with Gasteiger partial charge in [-0.05, 0) is 50.0 Å². The Bertz CT molecular complexity index is 1020. The van der Waals surface area contributed by atoms with Crippen LogP contribution in [0.4, 0.5) is 4.79 Å². The van der Waals surface area contributed by atoms with Gasteiger partial charge in [0.25, 0.3) is 8.32 Å². The number of aliphatic carboxylic acids is 1. The molecule has 2 atom stereocenters. The number of carbonyl (C=O) groups excluding carboxylic acids is 1. The van der Waals surface area contributed by atoms with Crippen molar-refractivity contribution in [3.05, 3.63) is 60.7 Å². The van der Waals surface area contributed by atoms with Gasteiger partial charge in [0, 0.05) is 6.42 Å². The molecule has 1 amide bonds. The fourth-order valence-corrected chi connectivity index (χ4v) is 10.1. The Kier molecular flexibility index (Phi) is 7.01. The van der Waals surface area contributed by atoms with E-state index in [0.29, 0.717) is 0 Å². The average molecular weight is 498 g/mol. The van der Waals surface area contributed by atoms with Crippen molar-refractivity contribution in [3.8, 4) is 0 Å². The molecule has 35 heavy (non-hydrogen) atoms. The fourth-order valence-electron chi connectivity index (χ4n) is 5.25. The maximum absolute atomic E-state index is 13.2. The summed E-state index contributed by atoms with van der Waals surface area (Å²) in [6, 6.07) is 20.4. The first-order valence-corrected chi connectivity index (χ1v) is 14.0. The summed E-state index contributed by atoms with van der Waals surface area (Å²) in [7, 11) is -2.97. The number of carboxylic acids is 1. The number of nitrogens with zero attached hydrogens (tertiary/aromatic N) is 1. The number of benzene rings is 2. The molecule has 0 bridgehead atoms. The summed E-state index contributed by atoms with van der Waals surface area (Å²) in [5.74, 6) is -1.07. The SMILES string of the molecule is CC(C)(C)OC(=O)N1C[C@@](C)(O[Si](c2ccccc2)(c2ccccc2)C(C)(C)C)C[C@@]1(C)C(=O)O. The lowest BCUT2D eigenvalue weighted by atomic mass is 9.93. The van der Waals surface area contributed by atoms with E-state index in [-0.39, 0.29) is 18.0 Å². The quantitative estimate of drug-likeness (QED) is 0.600. The summed E-state index contributed by atoms with van der Waals surface area (Å²) in [6.45, 7) is 15.5. The Hall–Kier alpha value is -2.64. The third-order valence-corrected chi connectivity index (χ3v) is 11.9. The largest absolute Gasteiger partial charge is 0.480 e. The number of rotatable bonds is 5. The van der Waals surface area contributed by atoms with E-state index >= 15 is 0 Å². The zero-order chi connectivity index (χ0) is 26.3. The summed E-state index contributed by atoms with van der Waals surface area (Å²) in [6.07, 6.45) is -0.490. The van der Waals surface area contributed by atoms with Crippen LogP contribution in [0, 0.1) is 0 Å². The van der Waals surface area contributed by atoms with Crippen molar-refractivity contribution in [2.24, 2.45) is 0 Å². The second kappa shape index (κ2) is 9.10. The highest BCUT2D eigenvalue weighted by atomic mass is 28.4. The number of hydrogen-bond acceptors (Lipinski definition) is 4. The molecule has 0 unspecified atom stereocenters. The van der Waals surface area contributed by atoms with Crippen molar-refractivity contribution in [2.45, 2.75) is 83.6 Å². The van der Waals surface area contributed by atoms with Gasteiger partial charge in [0.15, 0.2) is 0 Å². The Labute approximate surface area is 210 Å². The molecular formula is C28H39NO5Si. The molecular weight excluding hydrogens is 458 g/mol. The van der Waals surface area contributed by atoms with Crippen molar-refractivity contribution in [3.63, 3.8) is 0 Å². The van der Waals surface area contributed by atoms with E-state index in [1.165, 1.54) is 4.90 Å². The van der Waals surface area contributed by atoms with Gasteiger partial charge in [0.05, 0.1) is 12.1 Å². The van der Waals surface area contributed by atoms with Crippen LogP contribution in [-0.4, -0.2) is 53.7 Å². The molecule has 2 aromatic carbocycles. The van der Waals surface area contributed by atoms with Gasteiger partial charge in [0.1, 0.15) is 11.1 Å². The lowest BCUT2D eigenvalue weighted by Crippen LogP contribution is -2.69. The highest BCUT2D eigenvalue weighted by Crippen LogP contribution is 2.45. The highest BCUT2D eigenvalue weighted by molar-refractivity contribution is 6.99. The van der Waals surface area contributed by atoms with Gasteiger partial charge in [-0.1, -0.05) is 81.4 Å². The molecule has 0 spiro atoms. The number of ether oxygens (including phenoxy) is 1. The first-order valence-electron chi connectivity index (χ1n) is 12.1. The van der Waals surface area contributed by atoms with Gasteiger partial charge in [-0.2, -0.15) is 0 Å². The highest BCUT2D eigenvalue weighted by Gasteiger charge is 2.61. The van der Waals surface area contributed by atoms with E-state index < -0.39 is 37.1 Å². The molecule has 0 radical (unpaired) electrons. The Morgan fingerprint density at radius 2 is 1.34 bits per heavy atom. The second-order valence-corrected chi connectivity index (χ2v) is 16.3. The monoisotopic (exact) mass is 497 g/mol. The van der Waals surface area contributed by atoms with Gasteiger partial charge < -0.3 is 14.3 Å². The second-order valence-electron chi connectivity index (χ2n) is 12.0. The van der Waals surface area contributed by atoms with Crippen molar-refractivity contribution in [2.75, 3.05) is 6.54 Å². The predicted octanol–water partition coefficient (Wildman–Crippen LogP) is 4.81. The summed E-state index contributed by atoms with van der Waals surface area (Å²) in [4.78, 5) is 27.0. The van der Waals surface area contributed by atoms with Crippen LogP contribution in [-0.2, 0) is 14.0 Å². The minimum Gasteiger partial charge on any atom is -0.480 e.